The van der Waals surface area contributed by atoms with Crippen molar-refractivity contribution in [2.75, 3.05) is 5.32 Å². The van der Waals surface area contributed by atoms with Crippen molar-refractivity contribution in [3.8, 4) is 0 Å². The Hall–Kier alpha value is -2.21. The molecule has 0 radical (unpaired) electrons. The molecule has 0 aromatic carbocycles. The molecule has 3 aromatic heterocycles. The van der Waals surface area contributed by atoms with Crippen molar-refractivity contribution in [3.63, 3.8) is 0 Å². The molecule has 5 nitrogen and oxygen atoms in total. The number of carbonyl (C=O) groups is 1. The molecule has 6 heteroatoms. The zero-order chi connectivity index (χ0) is 14.1. The van der Waals surface area contributed by atoms with Gasteiger partial charge in [-0.2, -0.15) is 5.10 Å². The first-order valence-electron chi connectivity index (χ1n) is 6.01. The molecular formula is C14H11BrN4O. The molecular weight excluding hydrogens is 320 g/mol. The Morgan fingerprint density at radius 2 is 2.20 bits per heavy atom. The van der Waals surface area contributed by atoms with E-state index < -0.39 is 0 Å². The van der Waals surface area contributed by atoms with E-state index in [2.05, 4.69) is 31.3 Å². The second-order valence-electron chi connectivity index (χ2n) is 4.37. The third kappa shape index (κ3) is 2.30. The molecule has 0 aliphatic carbocycles. The molecule has 3 heterocycles. The van der Waals surface area contributed by atoms with Crippen molar-refractivity contribution in [3.05, 3.63) is 58.6 Å². The third-order valence-corrected chi connectivity index (χ3v) is 3.77. The van der Waals surface area contributed by atoms with E-state index in [1.807, 2.05) is 31.2 Å². The van der Waals surface area contributed by atoms with Gasteiger partial charge in [-0.1, -0.05) is 6.07 Å². The van der Waals surface area contributed by atoms with E-state index >= 15 is 0 Å². The molecule has 100 valence electrons. The first-order chi connectivity index (χ1) is 9.65. The van der Waals surface area contributed by atoms with Gasteiger partial charge in [-0.25, -0.2) is 9.50 Å². The number of nitrogens with one attached hydrogen (secondary N) is 1. The van der Waals surface area contributed by atoms with Crippen LogP contribution in [0, 0.1) is 6.92 Å². The van der Waals surface area contributed by atoms with E-state index in [9.17, 15) is 4.79 Å². The Morgan fingerprint density at radius 3 is 3.00 bits per heavy atom. The minimum atomic E-state index is -0.199. The first-order valence-corrected chi connectivity index (χ1v) is 6.80. The van der Waals surface area contributed by atoms with Crippen LogP contribution in [0.2, 0.25) is 0 Å². The van der Waals surface area contributed by atoms with Crippen LogP contribution in [0.25, 0.3) is 5.52 Å². The highest BCUT2D eigenvalue weighted by Crippen LogP contribution is 2.18. The topological polar surface area (TPSA) is 59.3 Å². The molecule has 0 spiro atoms. The van der Waals surface area contributed by atoms with E-state index in [1.165, 1.54) is 0 Å². The SMILES string of the molecule is Cc1cc(NC(=O)c2cnn3ccccc23)cnc1Br. The maximum Gasteiger partial charge on any atom is 0.259 e. The number of nitrogens with zero attached hydrogens (tertiary/aromatic N) is 3. The first kappa shape index (κ1) is 12.8. The summed E-state index contributed by atoms with van der Waals surface area (Å²) in [6.45, 7) is 1.92. The molecule has 1 amide bonds. The number of anilines is 1. The summed E-state index contributed by atoms with van der Waals surface area (Å²) in [6, 6.07) is 7.45. The Kier molecular flexibility index (Phi) is 3.23. The number of rotatable bonds is 2. The van der Waals surface area contributed by atoms with Gasteiger partial charge in [0.05, 0.1) is 29.2 Å². The lowest BCUT2D eigenvalue weighted by Crippen LogP contribution is -2.12. The van der Waals surface area contributed by atoms with Gasteiger partial charge in [0.15, 0.2) is 0 Å². The fourth-order valence-electron chi connectivity index (χ4n) is 1.93. The van der Waals surface area contributed by atoms with Gasteiger partial charge in [0.1, 0.15) is 4.60 Å². The molecule has 0 atom stereocenters. The molecule has 0 aliphatic rings. The quantitative estimate of drug-likeness (QED) is 0.734. The smallest absolute Gasteiger partial charge is 0.259 e. The van der Waals surface area contributed by atoms with Crippen molar-refractivity contribution in [1.29, 1.82) is 0 Å². The molecule has 0 saturated carbocycles. The number of hydrogen-bond acceptors (Lipinski definition) is 3. The Bertz CT molecular complexity index is 797. The van der Waals surface area contributed by atoms with Gasteiger partial charge in [0.25, 0.3) is 5.91 Å². The fraction of sp³-hybridized carbons (Fsp3) is 0.0714. The fourth-order valence-corrected chi connectivity index (χ4v) is 2.15. The maximum atomic E-state index is 12.3. The van der Waals surface area contributed by atoms with Crippen LogP contribution in [0.15, 0.2) is 47.5 Å². The van der Waals surface area contributed by atoms with Gasteiger partial charge in [0, 0.05) is 6.20 Å². The number of hydrogen-bond donors (Lipinski definition) is 1. The highest BCUT2D eigenvalue weighted by Gasteiger charge is 2.12. The van der Waals surface area contributed by atoms with E-state index in [0.29, 0.717) is 11.3 Å². The second kappa shape index (κ2) is 5.05. The predicted molar refractivity (Wildman–Crippen MR) is 79.8 cm³/mol. The standard InChI is InChI=1S/C14H11BrN4O/c1-9-6-10(7-16-13(9)15)18-14(20)11-8-17-19-5-3-2-4-12(11)19/h2-8H,1H3,(H,18,20). The zero-order valence-corrected chi connectivity index (χ0v) is 12.3. The summed E-state index contributed by atoms with van der Waals surface area (Å²) >= 11 is 3.33. The molecule has 1 N–H and O–H groups in total. The van der Waals surface area contributed by atoms with Crippen LogP contribution >= 0.6 is 15.9 Å². The highest BCUT2D eigenvalue weighted by molar-refractivity contribution is 9.10. The van der Waals surface area contributed by atoms with Crippen molar-refractivity contribution in [2.45, 2.75) is 6.92 Å². The summed E-state index contributed by atoms with van der Waals surface area (Å²) in [5, 5.41) is 6.97. The second-order valence-corrected chi connectivity index (χ2v) is 5.13. The minimum absolute atomic E-state index is 0.199. The number of aryl methyl sites for hydroxylation is 1. The maximum absolute atomic E-state index is 12.3. The van der Waals surface area contributed by atoms with E-state index in [-0.39, 0.29) is 5.91 Å². The number of pyridine rings is 2. The van der Waals surface area contributed by atoms with Gasteiger partial charge in [-0.15, -0.1) is 0 Å². The van der Waals surface area contributed by atoms with E-state index in [4.69, 9.17) is 0 Å². The lowest BCUT2D eigenvalue weighted by molar-refractivity contribution is 0.102. The summed E-state index contributed by atoms with van der Waals surface area (Å²) in [4.78, 5) is 16.4. The summed E-state index contributed by atoms with van der Waals surface area (Å²) < 4.78 is 2.44. The number of amides is 1. The molecule has 20 heavy (non-hydrogen) atoms. The van der Waals surface area contributed by atoms with Gasteiger partial charge >= 0.3 is 0 Å². The van der Waals surface area contributed by atoms with Crippen LogP contribution in [0.1, 0.15) is 15.9 Å². The molecule has 3 rings (SSSR count). The molecule has 0 saturated heterocycles. The Labute approximate surface area is 123 Å². The van der Waals surface area contributed by atoms with Crippen LogP contribution in [0.4, 0.5) is 5.69 Å². The molecule has 0 fully saturated rings. The van der Waals surface area contributed by atoms with E-state index in [1.54, 1.807) is 23.1 Å². The number of aromatic nitrogens is 3. The van der Waals surface area contributed by atoms with Gasteiger partial charge < -0.3 is 5.32 Å². The number of fused-ring (bicyclic) bond motifs is 1. The van der Waals surface area contributed by atoms with Gasteiger partial charge in [0.2, 0.25) is 0 Å². The van der Waals surface area contributed by atoms with Crippen molar-refractivity contribution in [2.24, 2.45) is 0 Å². The molecule has 3 aromatic rings. The summed E-state index contributed by atoms with van der Waals surface area (Å²) in [6.07, 6.45) is 4.97. The number of carbonyl (C=O) groups excluding carboxylic acids is 1. The van der Waals surface area contributed by atoms with Crippen molar-refractivity contribution < 1.29 is 4.79 Å². The van der Waals surface area contributed by atoms with Crippen LogP contribution in [0.3, 0.4) is 0 Å². The summed E-state index contributed by atoms with van der Waals surface area (Å²) in [7, 11) is 0. The Balaban J connectivity index is 1.91. The summed E-state index contributed by atoms with van der Waals surface area (Å²) in [5.41, 5.74) is 2.92. The lowest BCUT2D eigenvalue weighted by atomic mass is 10.2. The predicted octanol–water partition coefficient (Wildman–Crippen LogP) is 3.05. The molecule has 0 aliphatic heterocycles. The molecule has 0 bridgehead atoms. The minimum Gasteiger partial charge on any atom is -0.320 e. The van der Waals surface area contributed by atoms with Crippen LogP contribution in [-0.4, -0.2) is 20.5 Å². The summed E-state index contributed by atoms with van der Waals surface area (Å²) in [5.74, 6) is -0.199. The number of halogens is 1. The van der Waals surface area contributed by atoms with Crippen LogP contribution in [-0.2, 0) is 0 Å². The van der Waals surface area contributed by atoms with Gasteiger partial charge in [-0.3, -0.25) is 4.79 Å². The molecule has 0 unspecified atom stereocenters. The van der Waals surface area contributed by atoms with Crippen molar-refractivity contribution >= 4 is 33.0 Å². The van der Waals surface area contributed by atoms with Crippen LogP contribution in [0.5, 0.6) is 0 Å². The monoisotopic (exact) mass is 330 g/mol. The normalized spacial score (nSPS) is 10.7. The Morgan fingerprint density at radius 1 is 1.35 bits per heavy atom. The largest absolute Gasteiger partial charge is 0.320 e. The van der Waals surface area contributed by atoms with Crippen molar-refractivity contribution in [1.82, 2.24) is 14.6 Å². The average Bonchev–Trinajstić information content (AvgIpc) is 2.87. The van der Waals surface area contributed by atoms with Gasteiger partial charge in [-0.05, 0) is 46.6 Å². The van der Waals surface area contributed by atoms with Crippen LogP contribution < -0.4 is 5.32 Å². The highest BCUT2D eigenvalue weighted by atomic mass is 79.9. The zero-order valence-electron chi connectivity index (χ0n) is 10.7. The third-order valence-electron chi connectivity index (χ3n) is 2.94. The van der Waals surface area contributed by atoms with E-state index in [0.717, 1.165) is 15.7 Å². The average molecular weight is 331 g/mol. The lowest BCUT2D eigenvalue weighted by Gasteiger charge is -2.05.